The van der Waals surface area contributed by atoms with Crippen molar-refractivity contribution >= 4 is 34.6 Å². The maximum atomic E-state index is 11.3. The Kier molecular flexibility index (Phi) is 4.70. The van der Waals surface area contributed by atoms with Crippen molar-refractivity contribution in [3.8, 4) is 9.75 Å². The van der Waals surface area contributed by atoms with Gasteiger partial charge in [-0.3, -0.25) is 9.59 Å². The van der Waals surface area contributed by atoms with Crippen molar-refractivity contribution in [2.45, 2.75) is 19.4 Å². The van der Waals surface area contributed by atoms with Gasteiger partial charge in [-0.05, 0) is 23.6 Å². The minimum absolute atomic E-state index is 0.0848. The molecule has 2 aromatic heterocycles. The lowest BCUT2D eigenvalue weighted by Crippen LogP contribution is -2.06. The molecule has 0 saturated carbocycles. The van der Waals surface area contributed by atoms with Crippen molar-refractivity contribution in [2.75, 3.05) is 0 Å². The third kappa shape index (κ3) is 4.18. The average molecular weight is 296 g/mol. The van der Waals surface area contributed by atoms with Crippen LogP contribution >= 0.6 is 22.7 Å². The van der Waals surface area contributed by atoms with Crippen LogP contribution in [0.5, 0.6) is 0 Å². The maximum Gasteiger partial charge on any atom is 0.306 e. The van der Waals surface area contributed by atoms with E-state index in [0.29, 0.717) is 0 Å². The van der Waals surface area contributed by atoms with Crippen LogP contribution in [0.4, 0.5) is 0 Å². The van der Waals surface area contributed by atoms with Crippen LogP contribution in [0, 0.1) is 0 Å². The van der Waals surface area contributed by atoms with Crippen LogP contribution in [0.25, 0.3) is 9.75 Å². The highest BCUT2D eigenvalue weighted by molar-refractivity contribution is 7.21. The summed E-state index contributed by atoms with van der Waals surface area (Å²) in [6.07, 6.45) is -0.276. The number of carbonyl (C=O) groups is 2. The van der Waals surface area contributed by atoms with Crippen molar-refractivity contribution in [1.29, 1.82) is 0 Å². The number of hydrogen-bond acceptors (Lipinski definition) is 5. The molecule has 2 heterocycles. The quantitative estimate of drug-likeness (QED) is 0.830. The maximum absolute atomic E-state index is 11.3. The normalized spacial score (nSPS) is 10.3. The fourth-order valence-electron chi connectivity index (χ4n) is 1.44. The van der Waals surface area contributed by atoms with Crippen molar-refractivity contribution in [2.24, 2.45) is 0 Å². The van der Waals surface area contributed by atoms with Crippen LogP contribution < -0.4 is 0 Å². The summed E-state index contributed by atoms with van der Waals surface area (Å²) in [6, 6.07) is 7.95. The molecule has 6 heteroatoms. The van der Waals surface area contributed by atoms with Gasteiger partial charge >= 0.3 is 11.9 Å². The van der Waals surface area contributed by atoms with Gasteiger partial charge in [-0.1, -0.05) is 6.07 Å². The molecule has 0 unspecified atom stereocenters. The van der Waals surface area contributed by atoms with Gasteiger partial charge in [0.1, 0.15) is 6.61 Å². The number of carboxylic acids is 1. The van der Waals surface area contributed by atoms with Crippen LogP contribution in [0.2, 0.25) is 0 Å². The molecule has 1 N–H and O–H groups in total. The van der Waals surface area contributed by atoms with Crippen molar-refractivity contribution < 1.29 is 19.4 Å². The largest absolute Gasteiger partial charge is 0.481 e. The lowest BCUT2D eigenvalue weighted by atomic mass is 10.3. The van der Waals surface area contributed by atoms with Crippen LogP contribution in [0.1, 0.15) is 17.7 Å². The van der Waals surface area contributed by atoms with E-state index in [0.717, 1.165) is 9.75 Å². The Hall–Kier alpha value is -1.66. The second kappa shape index (κ2) is 6.49. The van der Waals surface area contributed by atoms with Gasteiger partial charge in [0.05, 0.1) is 12.8 Å². The molecule has 0 aliphatic carbocycles. The van der Waals surface area contributed by atoms with E-state index < -0.39 is 11.9 Å². The zero-order valence-electron chi connectivity index (χ0n) is 10.00. The highest BCUT2D eigenvalue weighted by Crippen LogP contribution is 2.31. The minimum Gasteiger partial charge on any atom is -0.481 e. The minimum atomic E-state index is -0.993. The summed E-state index contributed by atoms with van der Waals surface area (Å²) in [5, 5.41) is 10.5. The zero-order valence-corrected chi connectivity index (χ0v) is 11.6. The second-order valence-corrected chi connectivity index (χ2v) is 5.91. The van der Waals surface area contributed by atoms with Gasteiger partial charge in [-0.25, -0.2) is 0 Å². The van der Waals surface area contributed by atoms with Gasteiger partial charge in [0.25, 0.3) is 0 Å². The summed E-state index contributed by atoms with van der Waals surface area (Å²) in [5.41, 5.74) is 0. The Morgan fingerprint density at radius 3 is 2.68 bits per heavy atom. The first-order valence-corrected chi connectivity index (χ1v) is 7.35. The Balaban J connectivity index is 1.84. The standard InChI is InChI=1S/C13H12O4S2/c14-12(15)5-6-13(16)17-8-9-3-4-11(19-9)10-2-1-7-18-10/h1-4,7H,5-6,8H2,(H,14,15). The van der Waals surface area contributed by atoms with E-state index >= 15 is 0 Å². The van der Waals surface area contributed by atoms with Gasteiger partial charge < -0.3 is 9.84 Å². The monoisotopic (exact) mass is 296 g/mol. The summed E-state index contributed by atoms with van der Waals surface area (Å²) in [4.78, 5) is 24.9. The average Bonchev–Trinajstić information content (AvgIpc) is 3.03. The number of aliphatic carboxylic acids is 1. The third-order valence-corrected chi connectivity index (χ3v) is 4.47. The summed E-state index contributed by atoms with van der Waals surface area (Å²) in [6.45, 7) is 0.203. The number of ether oxygens (including phenoxy) is 1. The van der Waals surface area contributed by atoms with E-state index in [-0.39, 0.29) is 19.4 Å². The molecule has 0 spiro atoms. The summed E-state index contributed by atoms with van der Waals surface area (Å²) >= 11 is 3.24. The van der Waals surface area contributed by atoms with Gasteiger partial charge in [-0.15, -0.1) is 22.7 Å². The van der Waals surface area contributed by atoms with Crippen LogP contribution in [-0.4, -0.2) is 17.0 Å². The molecule has 2 aromatic rings. The Morgan fingerprint density at radius 1 is 1.16 bits per heavy atom. The van der Waals surface area contributed by atoms with E-state index in [9.17, 15) is 9.59 Å². The van der Waals surface area contributed by atoms with E-state index in [1.807, 2.05) is 29.6 Å². The van der Waals surface area contributed by atoms with Gasteiger partial charge in [0.2, 0.25) is 0 Å². The Labute approximate surface area is 118 Å². The first-order chi connectivity index (χ1) is 9.15. The number of rotatable bonds is 6. The smallest absolute Gasteiger partial charge is 0.306 e. The molecule has 0 fully saturated rings. The molecule has 0 aromatic carbocycles. The summed E-state index contributed by atoms with van der Waals surface area (Å²) in [5.74, 6) is -1.47. The fraction of sp³-hybridized carbons (Fsp3) is 0.231. The van der Waals surface area contributed by atoms with Gasteiger partial charge in [0, 0.05) is 14.6 Å². The number of carboxylic acid groups (broad SMARTS) is 1. The van der Waals surface area contributed by atoms with Gasteiger partial charge in [-0.2, -0.15) is 0 Å². The predicted octanol–water partition coefficient (Wildman–Crippen LogP) is 3.38. The molecule has 0 atom stereocenters. The van der Waals surface area contributed by atoms with E-state index in [4.69, 9.17) is 9.84 Å². The Bertz CT molecular complexity index is 557. The first kappa shape index (κ1) is 13.8. The van der Waals surface area contributed by atoms with Crippen LogP contribution in [0.3, 0.4) is 0 Å². The van der Waals surface area contributed by atoms with Gasteiger partial charge in [0.15, 0.2) is 0 Å². The summed E-state index contributed by atoms with van der Waals surface area (Å²) < 4.78 is 5.02. The highest BCUT2D eigenvalue weighted by Gasteiger charge is 2.08. The molecule has 0 aliphatic heterocycles. The molecule has 2 rings (SSSR count). The van der Waals surface area contributed by atoms with Crippen molar-refractivity contribution in [1.82, 2.24) is 0 Å². The third-order valence-electron chi connectivity index (χ3n) is 2.34. The molecular weight excluding hydrogens is 284 g/mol. The number of esters is 1. The van der Waals surface area contributed by atoms with Crippen molar-refractivity contribution in [3.05, 3.63) is 34.5 Å². The molecule has 19 heavy (non-hydrogen) atoms. The Morgan fingerprint density at radius 2 is 2.00 bits per heavy atom. The number of thiophene rings is 2. The number of carbonyl (C=O) groups excluding carboxylic acids is 1. The second-order valence-electron chi connectivity index (χ2n) is 3.80. The fourth-order valence-corrected chi connectivity index (χ4v) is 3.19. The van der Waals surface area contributed by atoms with Crippen LogP contribution in [-0.2, 0) is 20.9 Å². The molecule has 4 nitrogen and oxygen atoms in total. The molecule has 0 amide bonds. The SMILES string of the molecule is O=C(O)CCC(=O)OCc1ccc(-c2cccs2)s1. The topological polar surface area (TPSA) is 63.6 Å². The molecule has 0 aliphatic rings. The van der Waals surface area contributed by atoms with E-state index in [2.05, 4.69) is 0 Å². The lowest BCUT2D eigenvalue weighted by Gasteiger charge is -2.01. The molecule has 0 saturated heterocycles. The highest BCUT2D eigenvalue weighted by atomic mass is 32.1. The molecular formula is C13H12O4S2. The van der Waals surface area contributed by atoms with Crippen LogP contribution in [0.15, 0.2) is 29.6 Å². The molecule has 0 bridgehead atoms. The van der Waals surface area contributed by atoms with E-state index in [1.54, 1.807) is 22.7 Å². The number of hydrogen-bond donors (Lipinski definition) is 1. The first-order valence-electron chi connectivity index (χ1n) is 5.65. The predicted molar refractivity (Wildman–Crippen MR) is 74.3 cm³/mol. The molecule has 100 valence electrons. The summed E-state index contributed by atoms with van der Waals surface area (Å²) in [7, 11) is 0. The lowest BCUT2D eigenvalue weighted by molar-refractivity contribution is -0.148. The van der Waals surface area contributed by atoms with Crippen molar-refractivity contribution in [3.63, 3.8) is 0 Å². The molecule has 0 radical (unpaired) electrons. The zero-order chi connectivity index (χ0) is 13.7. The van der Waals surface area contributed by atoms with E-state index in [1.165, 1.54) is 4.88 Å².